The molecule has 1 aromatic carbocycles. The molecular formula is C33H49Cl2N7O3. The predicted octanol–water partition coefficient (Wildman–Crippen LogP) is 5.55. The molecule has 0 atom stereocenters. The number of amides is 1. The number of rotatable bonds is 11. The van der Waals surface area contributed by atoms with E-state index in [0.717, 1.165) is 67.9 Å². The molecule has 1 saturated heterocycles. The fraction of sp³-hybridized carbons (Fsp3) is 0.636. The Balaban J connectivity index is 0.00000461. The molecule has 3 aromatic rings. The molecule has 1 aliphatic carbocycles. The third-order valence-corrected chi connectivity index (χ3v) is 9.24. The van der Waals surface area contributed by atoms with Gasteiger partial charge in [0.15, 0.2) is 5.65 Å². The summed E-state index contributed by atoms with van der Waals surface area (Å²) in [6.07, 6.45) is 5.97. The number of piperazine rings is 1. The number of methoxy groups -OCH3 is 1. The minimum Gasteiger partial charge on any atom is -0.494 e. The minimum absolute atomic E-state index is 0. The second-order valence-electron chi connectivity index (χ2n) is 13.1. The van der Waals surface area contributed by atoms with Gasteiger partial charge in [0.05, 0.1) is 31.3 Å². The Labute approximate surface area is 278 Å². The zero-order chi connectivity index (χ0) is 31.3. The number of benzene rings is 1. The van der Waals surface area contributed by atoms with Crippen molar-refractivity contribution in [3.8, 4) is 5.75 Å². The normalized spacial score (nSPS) is 19.2. The molecule has 0 N–H and O–H groups in total. The quantitative estimate of drug-likeness (QED) is 0.247. The standard InChI is InChI=1S/C33H48ClN7O3.ClH/c1-6-44-27-9-7-8-25(20-27)23-41-30-28(21-35-41)29(36-32(34)37-30)38-14-16-39(17-15-38)31(42)26-12-10-24(11-13-26)22-40(18-19-43-5)33(2,3)4;/h7-9,20-21,24,26H,6,10-19,22-23H2,1-5H3;1H. The zero-order valence-corrected chi connectivity index (χ0v) is 28.9. The van der Waals surface area contributed by atoms with Crippen LogP contribution >= 0.6 is 24.0 Å². The van der Waals surface area contributed by atoms with Crippen LogP contribution in [0.4, 0.5) is 5.82 Å². The lowest BCUT2D eigenvalue weighted by Crippen LogP contribution is -2.51. The highest BCUT2D eigenvalue weighted by Crippen LogP contribution is 2.33. The summed E-state index contributed by atoms with van der Waals surface area (Å²) in [7, 11) is 1.76. The number of anilines is 1. The van der Waals surface area contributed by atoms with E-state index in [1.807, 2.05) is 42.1 Å². The molecule has 0 radical (unpaired) electrons. The van der Waals surface area contributed by atoms with Crippen LogP contribution in [0.5, 0.6) is 5.75 Å². The first-order valence-corrected chi connectivity index (χ1v) is 16.4. The number of hydrogen-bond acceptors (Lipinski definition) is 8. The van der Waals surface area contributed by atoms with Crippen molar-refractivity contribution in [3.05, 3.63) is 41.3 Å². The summed E-state index contributed by atoms with van der Waals surface area (Å²) < 4.78 is 12.9. The summed E-state index contributed by atoms with van der Waals surface area (Å²) in [5, 5.41) is 5.69. The van der Waals surface area contributed by atoms with Gasteiger partial charge in [-0.1, -0.05) is 12.1 Å². The van der Waals surface area contributed by atoms with Gasteiger partial charge in [0.25, 0.3) is 0 Å². The SMILES string of the molecule is CCOc1cccc(Cn2ncc3c(N4CCN(C(=O)C5CCC(CN(CCOC)C(C)(C)C)CC5)CC4)nc(Cl)nc32)c1.Cl. The topological polar surface area (TPSA) is 88.9 Å². The average molecular weight is 663 g/mol. The molecule has 0 unspecified atom stereocenters. The Hall–Kier alpha value is -2.66. The minimum atomic E-state index is 0. The van der Waals surface area contributed by atoms with E-state index in [1.54, 1.807) is 7.11 Å². The van der Waals surface area contributed by atoms with Crippen molar-refractivity contribution in [3.63, 3.8) is 0 Å². The number of ether oxygens (including phenoxy) is 2. The van der Waals surface area contributed by atoms with Crippen LogP contribution in [0.25, 0.3) is 11.0 Å². The molecule has 248 valence electrons. The molecule has 5 rings (SSSR count). The van der Waals surface area contributed by atoms with Gasteiger partial charge in [-0.2, -0.15) is 15.1 Å². The molecule has 1 saturated carbocycles. The average Bonchev–Trinajstić information content (AvgIpc) is 3.40. The first-order valence-electron chi connectivity index (χ1n) is 16.0. The van der Waals surface area contributed by atoms with Gasteiger partial charge in [-0.05, 0) is 88.6 Å². The lowest BCUT2D eigenvalue weighted by molar-refractivity contribution is -0.137. The van der Waals surface area contributed by atoms with Crippen molar-refractivity contribution >= 4 is 46.8 Å². The number of carbonyl (C=O) groups excluding carboxylic acids is 1. The summed E-state index contributed by atoms with van der Waals surface area (Å²) in [6, 6.07) is 8.00. The summed E-state index contributed by atoms with van der Waals surface area (Å²) in [4.78, 5) is 29.5. The highest BCUT2D eigenvalue weighted by molar-refractivity contribution is 6.28. The van der Waals surface area contributed by atoms with Crippen LogP contribution in [0.15, 0.2) is 30.5 Å². The van der Waals surface area contributed by atoms with E-state index in [-0.39, 0.29) is 29.1 Å². The van der Waals surface area contributed by atoms with Gasteiger partial charge in [-0.3, -0.25) is 9.69 Å². The molecule has 10 nitrogen and oxygen atoms in total. The maximum absolute atomic E-state index is 13.5. The van der Waals surface area contributed by atoms with Crippen molar-refractivity contribution in [2.75, 3.05) is 64.5 Å². The van der Waals surface area contributed by atoms with Crippen LogP contribution in [0.3, 0.4) is 0 Å². The summed E-state index contributed by atoms with van der Waals surface area (Å²) >= 11 is 6.43. The number of halogens is 2. The molecule has 3 heterocycles. The van der Waals surface area contributed by atoms with Gasteiger partial charge >= 0.3 is 0 Å². The largest absolute Gasteiger partial charge is 0.494 e. The molecule has 0 bridgehead atoms. The van der Waals surface area contributed by atoms with Gasteiger partial charge in [0, 0.05) is 57.8 Å². The van der Waals surface area contributed by atoms with Crippen LogP contribution in [0.1, 0.15) is 58.9 Å². The van der Waals surface area contributed by atoms with Gasteiger partial charge < -0.3 is 19.3 Å². The summed E-state index contributed by atoms with van der Waals surface area (Å²) in [5.41, 5.74) is 1.87. The number of hydrogen-bond donors (Lipinski definition) is 0. The van der Waals surface area contributed by atoms with E-state index in [0.29, 0.717) is 56.8 Å². The van der Waals surface area contributed by atoms with Crippen LogP contribution in [-0.4, -0.2) is 101 Å². The third-order valence-electron chi connectivity index (χ3n) is 9.07. The molecule has 2 aromatic heterocycles. The second kappa shape index (κ2) is 15.8. The molecule has 2 fully saturated rings. The molecule has 1 amide bonds. The Morgan fingerprint density at radius 2 is 1.82 bits per heavy atom. The first-order chi connectivity index (χ1) is 21.2. The third kappa shape index (κ3) is 8.78. The van der Waals surface area contributed by atoms with Crippen LogP contribution < -0.4 is 9.64 Å². The van der Waals surface area contributed by atoms with Crippen LogP contribution in [0.2, 0.25) is 5.28 Å². The fourth-order valence-electron chi connectivity index (χ4n) is 6.55. The molecule has 1 aliphatic heterocycles. The van der Waals surface area contributed by atoms with Gasteiger partial charge in [-0.25, -0.2) is 4.68 Å². The van der Waals surface area contributed by atoms with Gasteiger partial charge in [-0.15, -0.1) is 12.4 Å². The Bertz CT molecular complexity index is 1400. The number of aromatic nitrogens is 4. The number of carbonyl (C=O) groups is 1. The maximum atomic E-state index is 13.5. The molecular weight excluding hydrogens is 613 g/mol. The Morgan fingerprint density at radius 3 is 2.49 bits per heavy atom. The molecule has 12 heteroatoms. The van der Waals surface area contributed by atoms with E-state index < -0.39 is 0 Å². The smallest absolute Gasteiger partial charge is 0.226 e. The van der Waals surface area contributed by atoms with E-state index in [4.69, 9.17) is 21.1 Å². The maximum Gasteiger partial charge on any atom is 0.226 e. The first kappa shape index (κ1) is 35.2. The predicted molar refractivity (Wildman–Crippen MR) is 182 cm³/mol. The van der Waals surface area contributed by atoms with E-state index >= 15 is 0 Å². The van der Waals surface area contributed by atoms with Crippen molar-refractivity contribution < 1.29 is 14.3 Å². The highest BCUT2D eigenvalue weighted by Gasteiger charge is 2.33. The van der Waals surface area contributed by atoms with E-state index in [2.05, 4.69) is 50.5 Å². The fourth-order valence-corrected chi connectivity index (χ4v) is 6.71. The highest BCUT2D eigenvalue weighted by atomic mass is 35.5. The van der Waals surface area contributed by atoms with Crippen molar-refractivity contribution in [1.82, 2.24) is 29.5 Å². The van der Waals surface area contributed by atoms with E-state index in [9.17, 15) is 4.79 Å². The summed E-state index contributed by atoms with van der Waals surface area (Å²) in [6.45, 7) is 15.5. The molecule has 2 aliphatic rings. The molecule has 45 heavy (non-hydrogen) atoms. The Kier molecular flexibility index (Phi) is 12.3. The van der Waals surface area contributed by atoms with Crippen LogP contribution in [-0.2, 0) is 16.1 Å². The lowest BCUT2D eigenvalue weighted by atomic mass is 9.80. The summed E-state index contributed by atoms with van der Waals surface area (Å²) in [5.74, 6) is 2.67. The van der Waals surface area contributed by atoms with Crippen molar-refractivity contribution in [2.24, 2.45) is 11.8 Å². The lowest BCUT2D eigenvalue weighted by Gasteiger charge is -2.41. The second-order valence-corrected chi connectivity index (χ2v) is 13.4. The van der Waals surface area contributed by atoms with Gasteiger partial charge in [0.1, 0.15) is 11.6 Å². The zero-order valence-electron chi connectivity index (χ0n) is 27.4. The van der Waals surface area contributed by atoms with E-state index in [1.165, 1.54) is 0 Å². The Morgan fingerprint density at radius 1 is 1.09 bits per heavy atom. The van der Waals surface area contributed by atoms with Crippen molar-refractivity contribution in [1.29, 1.82) is 0 Å². The van der Waals surface area contributed by atoms with Gasteiger partial charge in [0.2, 0.25) is 11.2 Å². The number of nitrogens with zero attached hydrogens (tertiary/aromatic N) is 7. The number of fused-ring (bicyclic) bond motifs is 1. The van der Waals surface area contributed by atoms with Crippen LogP contribution in [0, 0.1) is 11.8 Å². The monoisotopic (exact) mass is 661 g/mol. The van der Waals surface area contributed by atoms with Crippen molar-refractivity contribution in [2.45, 2.75) is 65.5 Å². The molecule has 0 spiro atoms.